The molecule has 2 rings (SSSR count). The Balaban J connectivity index is 0.00000264. The Hall–Kier alpha value is -0.813. The maximum atomic E-state index is 12.4. The number of ether oxygens (including phenoxy) is 2. The summed E-state index contributed by atoms with van der Waals surface area (Å²) in [5.74, 6) is 0.770. The fourth-order valence-corrected chi connectivity index (χ4v) is 3.43. The van der Waals surface area contributed by atoms with Gasteiger partial charge in [0, 0.05) is 31.5 Å². The molecule has 1 unspecified atom stereocenters. The SMILES string of the molecule is COCCOc1ccc(PC(=O)c2c(C)cccc2Cl)cc1.[Li]. The summed E-state index contributed by atoms with van der Waals surface area (Å²) in [6.45, 7) is 2.96. The first-order valence-corrected chi connectivity index (χ1v) is 8.28. The number of carbonyl (C=O) groups is 1. The van der Waals surface area contributed by atoms with E-state index in [1.54, 1.807) is 13.2 Å². The van der Waals surface area contributed by atoms with Gasteiger partial charge in [-0.3, -0.25) is 4.79 Å². The first-order valence-electron chi connectivity index (χ1n) is 6.90. The summed E-state index contributed by atoms with van der Waals surface area (Å²) in [6, 6.07) is 13.0. The maximum Gasteiger partial charge on any atom is 0.187 e. The van der Waals surface area contributed by atoms with Gasteiger partial charge in [0.2, 0.25) is 0 Å². The van der Waals surface area contributed by atoms with E-state index in [-0.39, 0.29) is 33.0 Å². The molecule has 0 bridgehead atoms. The van der Waals surface area contributed by atoms with Gasteiger partial charge in [0.1, 0.15) is 12.4 Å². The normalized spacial score (nSPS) is 10.6. The Labute approximate surface area is 155 Å². The zero-order valence-corrected chi connectivity index (χ0v) is 15.3. The van der Waals surface area contributed by atoms with Crippen LogP contribution in [0, 0.1) is 6.92 Å². The van der Waals surface area contributed by atoms with Crippen LogP contribution in [-0.4, -0.2) is 44.7 Å². The Morgan fingerprint density at radius 1 is 1.13 bits per heavy atom. The molecule has 3 nitrogen and oxygen atoms in total. The van der Waals surface area contributed by atoms with Crippen LogP contribution in [0.4, 0.5) is 0 Å². The van der Waals surface area contributed by atoms with Crippen LogP contribution in [0.15, 0.2) is 42.5 Å². The Morgan fingerprint density at radius 2 is 1.83 bits per heavy atom. The van der Waals surface area contributed by atoms with Crippen molar-refractivity contribution in [3.8, 4) is 5.75 Å². The molecule has 2 aromatic rings. The summed E-state index contributed by atoms with van der Waals surface area (Å²) in [7, 11) is 1.68. The second-order valence-electron chi connectivity index (χ2n) is 4.75. The standard InChI is InChI=1S/C17H18ClO3P.Li/c1-12-4-3-5-15(18)16(12)17(19)22-14-8-6-13(7-9-14)21-11-10-20-2;/h3-9,22H,10-11H2,1-2H3;. The number of hydrogen-bond acceptors (Lipinski definition) is 3. The van der Waals surface area contributed by atoms with E-state index < -0.39 is 0 Å². The number of benzene rings is 2. The maximum absolute atomic E-state index is 12.4. The number of rotatable bonds is 7. The van der Waals surface area contributed by atoms with Gasteiger partial charge in [0.25, 0.3) is 0 Å². The van der Waals surface area contributed by atoms with Gasteiger partial charge in [-0.1, -0.05) is 35.9 Å². The fraction of sp³-hybridized carbons (Fsp3) is 0.235. The van der Waals surface area contributed by atoms with Gasteiger partial charge in [-0.15, -0.1) is 0 Å². The number of halogens is 1. The van der Waals surface area contributed by atoms with Gasteiger partial charge in [-0.25, -0.2) is 0 Å². The Bertz CT molecular complexity index is 627. The third-order valence-electron chi connectivity index (χ3n) is 3.12. The van der Waals surface area contributed by atoms with E-state index in [4.69, 9.17) is 21.1 Å². The van der Waals surface area contributed by atoms with Crippen LogP contribution in [-0.2, 0) is 4.74 Å². The van der Waals surface area contributed by atoms with Crippen molar-refractivity contribution in [2.24, 2.45) is 0 Å². The minimum atomic E-state index is 0. The molecule has 0 heterocycles. The molecule has 117 valence electrons. The van der Waals surface area contributed by atoms with Crippen LogP contribution in [0.2, 0.25) is 5.02 Å². The van der Waals surface area contributed by atoms with Crippen LogP contribution in [0.1, 0.15) is 15.9 Å². The van der Waals surface area contributed by atoms with Crippen molar-refractivity contribution in [3.63, 3.8) is 0 Å². The molecule has 0 spiro atoms. The summed E-state index contributed by atoms with van der Waals surface area (Å²) < 4.78 is 10.4. The molecule has 0 saturated carbocycles. The first kappa shape index (κ1) is 20.2. The van der Waals surface area contributed by atoms with Crippen molar-refractivity contribution in [3.05, 3.63) is 58.6 Å². The summed E-state index contributed by atoms with van der Waals surface area (Å²) in [4.78, 5) is 12.4. The molecule has 1 radical (unpaired) electrons. The molecule has 0 aliphatic rings. The van der Waals surface area contributed by atoms with Gasteiger partial charge >= 0.3 is 0 Å². The van der Waals surface area contributed by atoms with Crippen LogP contribution >= 0.6 is 20.2 Å². The van der Waals surface area contributed by atoms with E-state index >= 15 is 0 Å². The van der Waals surface area contributed by atoms with Crippen molar-refractivity contribution >= 4 is 49.9 Å². The smallest absolute Gasteiger partial charge is 0.187 e. The van der Waals surface area contributed by atoms with Gasteiger partial charge in [0.05, 0.1) is 11.6 Å². The predicted molar refractivity (Wildman–Crippen MR) is 98.0 cm³/mol. The Kier molecular flexibility index (Phi) is 8.92. The van der Waals surface area contributed by atoms with Crippen LogP contribution in [0.25, 0.3) is 0 Å². The summed E-state index contributed by atoms with van der Waals surface area (Å²) in [5, 5.41) is 1.47. The van der Waals surface area contributed by atoms with E-state index in [1.807, 2.05) is 43.3 Å². The molecule has 2 aromatic carbocycles. The van der Waals surface area contributed by atoms with Crippen molar-refractivity contribution in [2.75, 3.05) is 20.3 Å². The van der Waals surface area contributed by atoms with Gasteiger partial charge < -0.3 is 9.47 Å². The molecule has 0 N–H and O–H groups in total. The largest absolute Gasteiger partial charge is 0.491 e. The van der Waals surface area contributed by atoms with E-state index in [0.717, 1.165) is 16.6 Å². The fourth-order valence-electron chi connectivity index (χ4n) is 1.99. The monoisotopic (exact) mass is 343 g/mol. The zero-order valence-electron chi connectivity index (χ0n) is 13.6. The third-order valence-corrected chi connectivity index (χ3v) is 4.53. The van der Waals surface area contributed by atoms with E-state index in [9.17, 15) is 4.79 Å². The summed E-state index contributed by atoms with van der Waals surface area (Å²) in [6.07, 6.45) is 0. The quantitative estimate of drug-likeness (QED) is 0.439. The van der Waals surface area contributed by atoms with E-state index in [1.165, 1.54) is 0 Å². The van der Waals surface area contributed by atoms with Crippen molar-refractivity contribution in [2.45, 2.75) is 6.92 Å². The summed E-state index contributed by atoms with van der Waals surface area (Å²) >= 11 is 6.14. The molecule has 0 aliphatic heterocycles. The number of methoxy groups -OCH3 is 1. The molecule has 6 heteroatoms. The second kappa shape index (κ2) is 10.1. The molecular formula is C17H18ClLiO3P. The summed E-state index contributed by atoms with van der Waals surface area (Å²) in [5.41, 5.74) is 1.57. The molecular weight excluding hydrogens is 326 g/mol. The topological polar surface area (TPSA) is 35.5 Å². The molecule has 1 atom stereocenters. The van der Waals surface area contributed by atoms with Crippen molar-refractivity contribution in [1.29, 1.82) is 0 Å². The minimum absolute atomic E-state index is 0. The number of carbonyl (C=O) groups excluding carboxylic acids is 1. The zero-order chi connectivity index (χ0) is 15.9. The average Bonchev–Trinajstić information content (AvgIpc) is 2.49. The van der Waals surface area contributed by atoms with E-state index in [2.05, 4.69) is 0 Å². The van der Waals surface area contributed by atoms with Crippen LogP contribution < -0.4 is 10.0 Å². The third kappa shape index (κ3) is 5.96. The van der Waals surface area contributed by atoms with Gasteiger partial charge in [-0.2, -0.15) is 0 Å². The molecule has 0 amide bonds. The average molecular weight is 344 g/mol. The molecule has 0 fully saturated rings. The van der Waals surface area contributed by atoms with Gasteiger partial charge in [-0.05, 0) is 44.6 Å². The van der Waals surface area contributed by atoms with Crippen LogP contribution in [0.5, 0.6) is 5.75 Å². The van der Waals surface area contributed by atoms with E-state index in [0.29, 0.717) is 23.8 Å². The Morgan fingerprint density at radius 3 is 2.43 bits per heavy atom. The van der Waals surface area contributed by atoms with Crippen LogP contribution in [0.3, 0.4) is 0 Å². The first-order chi connectivity index (χ1) is 10.6. The predicted octanol–water partition coefficient (Wildman–Crippen LogP) is 3.44. The molecule has 0 aromatic heterocycles. The molecule has 23 heavy (non-hydrogen) atoms. The van der Waals surface area contributed by atoms with Crippen molar-refractivity contribution < 1.29 is 14.3 Å². The molecule has 0 saturated heterocycles. The molecule has 0 aliphatic carbocycles. The van der Waals surface area contributed by atoms with Gasteiger partial charge in [0.15, 0.2) is 5.52 Å². The number of hydrogen-bond donors (Lipinski definition) is 0. The second-order valence-corrected chi connectivity index (χ2v) is 6.44. The minimum Gasteiger partial charge on any atom is -0.491 e. The number of aryl methyl sites for hydroxylation is 1. The van der Waals surface area contributed by atoms with Crippen molar-refractivity contribution in [1.82, 2.24) is 0 Å².